The van der Waals surface area contributed by atoms with Crippen LogP contribution in [0.4, 0.5) is 5.69 Å². The standard InChI is InChI=1S/C29H44N4O4/c1-7-31-12-14-32(15-13-31)21-10-8-20(9-11-21)27(35)30-23(16-29(4,5)6)28(36)33-17-22(19(2)3)26-25(33)24(34)18-37-26/h8-11,19,22-23,25-26H,7,12-18H2,1-6H3,(H,30,35)/t22-,23?,25-,26-/m1/s1. The average Bonchev–Trinajstić information content (AvgIpc) is 3.43. The number of amides is 2. The SMILES string of the molecule is CCN1CCN(c2ccc(C(=O)NC(CC(C)(C)C)C(=O)N3C[C@H](C(C)C)[C@H]4OCC(=O)[C@H]43)cc2)CC1. The lowest BCUT2D eigenvalue weighted by atomic mass is 9.87. The molecule has 0 aliphatic carbocycles. The molecule has 4 atom stereocenters. The Kier molecular flexibility index (Phi) is 8.29. The number of rotatable bonds is 7. The van der Waals surface area contributed by atoms with Gasteiger partial charge in [0.05, 0.1) is 6.10 Å². The lowest BCUT2D eigenvalue weighted by Gasteiger charge is -2.35. The van der Waals surface area contributed by atoms with Crippen molar-refractivity contribution in [3.8, 4) is 0 Å². The molecule has 3 aliphatic heterocycles. The zero-order valence-corrected chi connectivity index (χ0v) is 23.3. The van der Waals surface area contributed by atoms with Crippen molar-refractivity contribution < 1.29 is 19.1 Å². The molecule has 0 saturated carbocycles. The number of anilines is 1. The van der Waals surface area contributed by atoms with Gasteiger partial charge in [-0.2, -0.15) is 0 Å². The van der Waals surface area contributed by atoms with E-state index in [1.807, 2.05) is 24.3 Å². The molecule has 3 aliphatic rings. The first-order valence-electron chi connectivity index (χ1n) is 13.8. The second-order valence-electron chi connectivity index (χ2n) is 12.3. The van der Waals surface area contributed by atoms with Crippen LogP contribution in [0, 0.1) is 17.3 Å². The third kappa shape index (κ3) is 6.17. The number of nitrogens with one attached hydrogen (secondary N) is 1. The molecule has 3 saturated heterocycles. The number of carbonyl (C=O) groups excluding carboxylic acids is 3. The molecule has 37 heavy (non-hydrogen) atoms. The van der Waals surface area contributed by atoms with Crippen LogP contribution in [0.15, 0.2) is 24.3 Å². The number of nitrogens with zero attached hydrogens (tertiary/aromatic N) is 3. The Bertz CT molecular complexity index is 979. The first-order valence-corrected chi connectivity index (χ1v) is 13.8. The monoisotopic (exact) mass is 512 g/mol. The largest absolute Gasteiger partial charge is 0.369 e. The highest BCUT2D eigenvalue weighted by Crippen LogP contribution is 2.37. The molecule has 8 nitrogen and oxygen atoms in total. The van der Waals surface area contributed by atoms with Crippen molar-refractivity contribution in [2.75, 3.05) is 50.8 Å². The van der Waals surface area contributed by atoms with Crippen molar-refractivity contribution in [3.05, 3.63) is 29.8 Å². The van der Waals surface area contributed by atoms with Gasteiger partial charge >= 0.3 is 0 Å². The fourth-order valence-corrected chi connectivity index (χ4v) is 5.91. The highest BCUT2D eigenvalue weighted by Gasteiger charge is 2.53. The molecule has 2 amide bonds. The smallest absolute Gasteiger partial charge is 0.251 e. The topological polar surface area (TPSA) is 82.2 Å². The van der Waals surface area contributed by atoms with Gasteiger partial charge in [-0.05, 0) is 48.6 Å². The zero-order chi connectivity index (χ0) is 26.9. The third-order valence-electron chi connectivity index (χ3n) is 8.10. The van der Waals surface area contributed by atoms with E-state index >= 15 is 0 Å². The molecule has 4 rings (SSSR count). The second kappa shape index (κ2) is 11.1. The van der Waals surface area contributed by atoms with Crippen LogP contribution in [0.3, 0.4) is 0 Å². The fourth-order valence-electron chi connectivity index (χ4n) is 5.91. The van der Waals surface area contributed by atoms with E-state index in [4.69, 9.17) is 4.74 Å². The molecule has 1 aromatic rings. The van der Waals surface area contributed by atoms with Gasteiger partial charge in [-0.25, -0.2) is 0 Å². The first-order chi connectivity index (χ1) is 17.5. The van der Waals surface area contributed by atoms with Crippen molar-refractivity contribution in [2.24, 2.45) is 17.3 Å². The lowest BCUT2D eigenvalue weighted by molar-refractivity contribution is -0.138. The van der Waals surface area contributed by atoms with Gasteiger partial charge in [-0.1, -0.05) is 41.5 Å². The summed E-state index contributed by atoms with van der Waals surface area (Å²) in [5.41, 5.74) is 1.45. The van der Waals surface area contributed by atoms with Crippen molar-refractivity contribution in [2.45, 2.75) is 66.2 Å². The predicted octanol–water partition coefficient (Wildman–Crippen LogP) is 2.81. The summed E-state index contributed by atoms with van der Waals surface area (Å²) >= 11 is 0. The van der Waals surface area contributed by atoms with E-state index in [0.29, 0.717) is 18.5 Å². The number of fused-ring (bicyclic) bond motifs is 1. The van der Waals surface area contributed by atoms with Crippen LogP contribution in [-0.4, -0.2) is 91.5 Å². The Morgan fingerprint density at radius 2 is 1.73 bits per heavy atom. The molecule has 0 spiro atoms. The van der Waals surface area contributed by atoms with Crippen LogP contribution in [-0.2, 0) is 14.3 Å². The van der Waals surface area contributed by atoms with Gasteiger partial charge in [0.1, 0.15) is 18.7 Å². The van der Waals surface area contributed by atoms with Crippen molar-refractivity contribution in [3.63, 3.8) is 0 Å². The van der Waals surface area contributed by atoms with Crippen LogP contribution in [0.5, 0.6) is 0 Å². The maximum atomic E-state index is 13.9. The van der Waals surface area contributed by atoms with E-state index in [2.05, 4.69) is 56.7 Å². The molecule has 3 fully saturated rings. The van der Waals surface area contributed by atoms with E-state index in [1.165, 1.54) is 0 Å². The van der Waals surface area contributed by atoms with Gasteiger partial charge in [-0.3, -0.25) is 14.4 Å². The summed E-state index contributed by atoms with van der Waals surface area (Å²) in [6.45, 7) is 18.2. The number of likely N-dealkylation sites (N-methyl/N-ethyl adjacent to an activating group) is 1. The summed E-state index contributed by atoms with van der Waals surface area (Å²) in [7, 11) is 0. The van der Waals surface area contributed by atoms with Crippen LogP contribution in [0.25, 0.3) is 0 Å². The number of benzene rings is 1. The summed E-state index contributed by atoms with van der Waals surface area (Å²) in [6.07, 6.45) is 0.223. The number of ketones is 1. The molecule has 0 radical (unpaired) electrons. The van der Waals surface area contributed by atoms with Gasteiger partial charge in [0.15, 0.2) is 5.78 Å². The number of likely N-dealkylation sites (tertiary alicyclic amines) is 1. The van der Waals surface area contributed by atoms with Gasteiger partial charge in [0, 0.05) is 49.9 Å². The minimum atomic E-state index is -0.714. The Morgan fingerprint density at radius 1 is 1.08 bits per heavy atom. The third-order valence-corrected chi connectivity index (χ3v) is 8.10. The van der Waals surface area contributed by atoms with Gasteiger partial charge in [-0.15, -0.1) is 0 Å². The van der Waals surface area contributed by atoms with E-state index in [-0.39, 0.29) is 47.6 Å². The molecular formula is C29H44N4O4. The van der Waals surface area contributed by atoms with Gasteiger partial charge in [0.25, 0.3) is 5.91 Å². The zero-order valence-electron chi connectivity index (χ0n) is 23.3. The van der Waals surface area contributed by atoms with E-state index in [0.717, 1.165) is 38.4 Å². The number of Topliss-reactive ketones (excluding diaryl/α,β-unsaturated/α-hetero) is 1. The maximum Gasteiger partial charge on any atom is 0.251 e. The molecule has 1 aromatic carbocycles. The molecule has 1 N–H and O–H groups in total. The Morgan fingerprint density at radius 3 is 2.30 bits per heavy atom. The minimum absolute atomic E-state index is 0.0438. The minimum Gasteiger partial charge on any atom is -0.369 e. The fraction of sp³-hybridized carbons (Fsp3) is 0.690. The number of ether oxygens (including phenoxy) is 1. The summed E-state index contributed by atoms with van der Waals surface area (Å²) < 4.78 is 5.81. The quantitative estimate of drug-likeness (QED) is 0.605. The van der Waals surface area contributed by atoms with Crippen LogP contribution in [0.2, 0.25) is 0 Å². The number of piperazine rings is 1. The molecule has 8 heteroatoms. The average molecular weight is 513 g/mol. The predicted molar refractivity (Wildman–Crippen MR) is 145 cm³/mol. The molecule has 204 valence electrons. The van der Waals surface area contributed by atoms with Crippen LogP contribution in [0.1, 0.15) is 58.3 Å². The Balaban J connectivity index is 1.47. The molecule has 0 aromatic heterocycles. The second-order valence-corrected chi connectivity index (χ2v) is 12.3. The number of hydrogen-bond donors (Lipinski definition) is 1. The highest BCUT2D eigenvalue weighted by atomic mass is 16.5. The summed E-state index contributed by atoms with van der Waals surface area (Å²) in [5.74, 6) is -0.105. The number of carbonyl (C=O) groups is 3. The molecular weight excluding hydrogens is 468 g/mol. The van der Waals surface area contributed by atoms with Gasteiger partial charge in [0.2, 0.25) is 5.91 Å². The Hall–Kier alpha value is -2.45. The van der Waals surface area contributed by atoms with Crippen molar-refractivity contribution in [1.82, 2.24) is 15.1 Å². The van der Waals surface area contributed by atoms with Crippen molar-refractivity contribution >= 4 is 23.3 Å². The molecule has 0 bridgehead atoms. The van der Waals surface area contributed by atoms with E-state index in [1.54, 1.807) is 4.90 Å². The van der Waals surface area contributed by atoms with E-state index < -0.39 is 12.1 Å². The maximum absolute atomic E-state index is 13.9. The molecule has 3 heterocycles. The van der Waals surface area contributed by atoms with E-state index in [9.17, 15) is 14.4 Å². The number of hydrogen-bond acceptors (Lipinski definition) is 6. The summed E-state index contributed by atoms with van der Waals surface area (Å²) in [6, 6.07) is 6.39. The van der Waals surface area contributed by atoms with Crippen LogP contribution < -0.4 is 10.2 Å². The Labute approximate surface area is 221 Å². The van der Waals surface area contributed by atoms with Gasteiger partial charge < -0.3 is 24.8 Å². The summed E-state index contributed by atoms with van der Waals surface area (Å²) in [4.78, 5) is 46.3. The summed E-state index contributed by atoms with van der Waals surface area (Å²) in [5, 5.41) is 3.02. The van der Waals surface area contributed by atoms with Crippen molar-refractivity contribution in [1.29, 1.82) is 0 Å². The molecule has 1 unspecified atom stereocenters. The highest BCUT2D eigenvalue weighted by molar-refractivity contribution is 5.99. The lowest BCUT2D eigenvalue weighted by Crippen LogP contribution is -2.53. The first kappa shape index (κ1) is 27.6. The normalized spacial score (nSPS) is 25.5. The van der Waals surface area contributed by atoms with Crippen LogP contribution >= 0.6 is 0 Å².